The fourth-order valence-electron chi connectivity index (χ4n) is 13.2. The highest BCUT2D eigenvalue weighted by atomic mass is 31.2. The molecule has 17 nitrogen and oxygen atoms in total. The summed E-state index contributed by atoms with van der Waals surface area (Å²) >= 11 is 0. The SMILES string of the molecule is CCCCCCCCCCCCCCCCCCCCCCCC(=O)O[C@H](COC(=O)CCCCCCCCCCCCCCCCC(C)CC)COP(=O)(O)OC[C@@H](O)COP(=O)(O)OC[C@@H](COC(=O)CCCCCCCCCCCCCC)OC(=O)CCCCCCCCCCCCC(C)C. The Morgan fingerprint density at radius 1 is 0.279 bits per heavy atom. The highest BCUT2D eigenvalue weighted by Crippen LogP contribution is 2.45. The number of carbonyl (C=O) groups is 4. The Hall–Kier alpha value is -1.94. The minimum absolute atomic E-state index is 0.107. The van der Waals surface area contributed by atoms with E-state index in [9.17, 15) is 43.2 Å². The highest BCUT2D eigenvalue weighted by Gasteiger charge is 2.30. The number of phosphoric ester groups is 2. The van der Waals surface area contributed by atoms with Gasteiger partial charge in [-0.25, -0.2) is 9.13 Å². The second-order valence-electron chi connectivity index (χ2n) is 31.3. The van der Waals surface area contributed by atoms with Crippen LogP contribution in [-0.4, -0.2) is 96.7 Å². The lowest BCUT2D eigenvalue weighted by molar-refractivity contribution is -0.161. The topological polar surface area (TPSA) is 237 Å². The Morgan fingerprint density at radius 3 is 0.731 bits per heavy atom. The molecule has 0 aromatic carbocycles. The van der Waals surface area contributed by atoms with E-state index in [1.807, 2.05) is 0 Å². The van der Waals surface area contributed by atoms with Gasteiger partial charge in [-0.15, -0.1) is 0 Å². The average Bonchev–Trinajstić information content (AvgIpc) is 0.903. The predicted octanol–water partition coefficient (Wildman–Crippen LogP) is 25.8. The van der Waals surface area contributed by atoms with Crippen LogP contribution in [0, 0.1) is 11.8 Å². The molecule has 104 heavy (non-hydrogen) atoms. The first kappa shape index (κ1) is 102. The molecule has 0 aliphatic rings. The van der Waals surface area contributed by atoms with E-state index < -0.39 is 97.5 Å². The van der Waals surface area contributed by atoms with Crippen molar-refractivity contribution in [3.8, 4) is 0 Å². The molecule has 0 aliphatic heterocycles. The summed E-state index contributed by atoms with van der Waals surface area (Å²) in [7, 11) is -9.93. The molecule has 0 amide bonds. The summed E-state index contributed by atoms with van der Waals surface area (Å²) in [6.45, 7) is 9.71. The minimum atomic E-state index is -4.97. The minimum Gasteiger partial charge on any atom is -0.462 e. The molecule has 19 heteroatoms. The number of esters is 4. The first-order chi connectivity index (χ1) is 50.4. The van der Waals surface area contributed by atoms with Gasteiger partial charge in [0.1, 0.15) is 19.3 Å². The summed E-state index contributed by atoms with van der Waals surface area (Å²) in [5.74, 6) is -0.501. The molecule has 3 N–H and O–H groups in total. The van der Waals surface area contributed by atoms with Gasteiger partial charge in [-0.3, -0.25) is 37.3 Å². The van der Waals surface area contributed by atoms with Crippen molar-refractivity contribution in [1.29, 1.82) is 0 Å². The van der Waals surface area contributed by atoms with Crippen molar-refractivity contribution in [2.75, 3.05) is 39.6 Å². The molecule has 0 saturated heterocycles. The smallest absolute Gasteiger partial charge is 0.462 e. The maximum Gasteiger partial charge on any atom is 0.472 e. The van der Waals surface area contributed by atoms with E-state index in [1.54, 1.807) is 0 Å². The van der Waals surface area contributed by atoms with Gasteiger partial charge in [0, 0.05) is 25.7 Å². The average molecular weight is 1520 g/mol. The number of hydrogen-bond acceptors (Lipinski definition) is 15. The quantitative estimate of drug-likeness (QED) is 0.0222. The largest absolute Gasteiger partial charge is 0.472 e. The maximum atomic E-state index is 13.1. The Kier molecular flexibility index (Phi) is 75.0. The maximum absolute atomic E-state index is 13.1. The fraction of sp³-hybridized carbons (Fsp3) is 0.953. The molecule has 0 aliphatic carbocycles. The monoisotopic (exact) mass is 1520 g/mol. The zero-order chi connectivity index (χ0) is 76.4. The molecule has 0 heterocycles. The molecule has 0 bridgehead atoms. The number of ether oxygens (including phenoxy) is 4. The van der Waals surface area contributed by atoms with Crippen LogP contribution in [0.25, 0.3) is 0 Å². The van der Waals surface area contributed by atoms with Gasteiger partial charge in [0.2, 0.25) is 0 Å². The van der Waals surface area contributed by atoms with Gasteiger partial charge < -0.3 is 33.8 Å². The van der Waals surface area contributed by atoms with E-state index in [0.717, 1.165) is 102 Å². The first-order valence-corrected chi connectivity index (χ1v) is 47.0. The van der Waals surface area contributed by atoms with Crippen molar-refractivity contribution in [2.24, 2.45) is 11.8 Å². The normalized spacial score (nSPS) is 14.1. The number of hydrogen-bond donors (Lipinski definition) is 3. The molecule has 0 radical (unpaired) electrons. The Bertz CT molecular complexity index is 2000. The van der Waals surface area contributed by atoms with Crippen LogP contribution in [0.5, 0.6) is 0 Å². The fourth-order valence-corrected chi connectivity index (χ4v) is 14.8. The summed E-state index contributed by atoms with van der Waals surface area (Å²) in [5, 5.41) is 10.7. The summed E-state index contributed by atoms with van der Waals surface area (Å²) in [6.07, 6.45) is 68.0. The van der Waals surface area contributed by atoms with Crippen molar-refractivity contribution in [2.45, 2.75) is 471 Å². The molecule has 618 valence electrons. The predicted molar refractivity (Wildman–Crippen MR) is 428 cm³/mol. The van der Waals surface area contributed by atoms with Crippen molar-refractivity contribution >= 4 is 39.5 Å². The van der Waals surface area contributed by atoms with Gasteiger partial charge in [-0.2, -0.15) is 0 Å². The van der Waals surface area contributed by atoms with Gasteiger partial charge >= 0.3 is 39.5 Å². The van der Waals surface area contributed by atoms with Crippen molar-refractivity contribution in [3.63, 3.8) is 0 Å². The summed E-state index contributed by atoms with van der Waals surface area (Å²) < 4.78 is 68.9. The standard InChI is InChI=1S/C85H166O17P2/c1-7-10-12-14-16-18-20-22-23-24-25-26-27-28-29-34-38-45-51-57-63-69-84(89)101-80(73-96-83(88)68-62-56-50-44-37-33-31-30-32-35-42-48-54-60-66-78(6)9-3)75-99-103(91,92)97-71-79(86)72-98-104(93,94)100-76-81(74-95-82(87)67-61-55-49-43-36-21-19-17-15-13-11-8-2)102-85(90)70-64-58-52-46-40-39-41-47-53-59-65-77(4)5/h77-81,86H,7-76H2,1-6H3,(H,91,92)(H,93,94)/t78?,79-,80-,81-/m1/s1. The van der Waals surface area contributed by atoms with Crippen LogP contribution < -0.4 is 0 Å². The molecule has 0 aromatic heterocycles. The number of rotatable bonds is 84. The van der Waals surface area contributed by atoms with E-state index in [2.05, 4.69) is 41.5 Å². The van der Waals surface area contributed by atoms with Gasteiger partial charge in [-0.1, -0.05) is 401 Å². The number of phosphoric acid groups is 2. The van der Waals surface area contributed by atoms with Crippen molar-refractivity contribution in [1.82, 2.24) is 0 Å². The first-order valence-electron chi connectivity index (χ1n) is 44.0. The Labute approximate surface area is 638 Å². The number of aliphatic hydroxyl groups is 1. The second-order valence-corrected chi connectivity index (χ2v) is 34.2. The van der Waals surface area contributed by atoms with Gasteiger partial charge in [-0.05, 0) is 37.5 Å². The van der Waals surface area contributed by atoms with Gasteiger partial charge in [0.05, 0.1) is 26.4 Å². The van der Waals surface area contributed by atoms with Gasteiger partial charge in [0.15, 0.2) is 12.2 Å². The summed E-state index contributed by atoms with van der Waals surface area (Å²) in [4.78, 5) is 73.2. The molecular formula is C85H166O17P2. The Balaban J connectivity index is 5.24. The molecule has 0 fully saturated rings. The van der Waals surface area contributed by atoms with E-state index in [-0.39, 0.29) is 25.7 Å². The second kappa shape index (κ2) is 76.4. The molecule has 6 atom stereocenters. The lowest BCUT2D eigenvalue weighted by atomic mass is 9.99. The summed E-state index contributed by atoms with van der Waals surface area (Å²) in [5.41, 5.74) is 0. The molecule has 0 spiro atoms. The van der Waals surface area contributed by atoms with Crippen LogP contribution in [-0.2, 0) is 65.4 Å². The third-order valence-electron chi connectivity index (χ3n) is 20.3. The summed E-state index contributed by atoms with van der Waals surface area (Å²) in [6, 6.07) is 0. The molecular weight excluding hydrogens is 1350 g/mol. The zero-order valence-electron chi connectivity index (χ0n) is 68.3. The zero-order valence-corrected chi connectivity index (χ0v) is 70.1. The molecule has 0 aromatic rings. The van der Waals surface area contributed by atoms with E-state index in [1.165, 1.54) is 270 Å². The van der Waals surface area contributed by atoms with Crippen LogP contribution >= 0.6 is 15.6 Å². The van der Waals surface area contributed by atoms with Crippen LogP contribution in [0.4, 0.5) is 0 Å². The van der Waals surface area contributed by atoms with Crippen molar-refractivity contribution < 1.29 is 80.2 Å². The number of carbonyl (C=O) groups excluding carboxylic acids is 4. The van der Waals surface area contributed by atoms with Crippen LogP contribution in [0.3, 0.4) is 0 Å². The number of unbranched alkanes of at least 4 members (excludes halogenated alkanes) is 53. The van der Waals surface area contributed by atoms with E-state index >= 15 is 0 Å². The lowest BCUT2D eigenvalue weighted by Gasteiger charge is -2.21. The van der Waals surface area contributed by atoms with Crippen LogP contribution in [0.15, 0.2) is 0 Å². The highest BCUT2D eigenvalue weighted by molar-refractivity contribution is 7.47. The van der Waals surface area contributed by atoms with Crippen LogP contribution in [0.2, 0.25) is 0 Å². The number of aliphatic hydroxyl groups excluding tert-OH is 1. The van der Waals surface area contributed by atoms with Crippen molar-refractivity contribution in [3.05, 3.63) is 0 Å². The third kappa shape index (κ3) is 76.8. The van der Waals surface area contributed by atoms with E-state index in [0.29, 0.717) is 25.7 Å². The molecule has 0 saturated carbocycles. The lowest BCUT2D eigenvalue weighted by Crippen LogP contribution is -2.30. The Morgan fingerprint density at radius 2 is 0.490 bits per heavy atom. The van der Waals surface area contributed by atoms with E-state index in [4.69, 9.17) is 37.0 Å². The van der Waals surface area contributed by atoms with Gasteiger partial charge in [0.25, 0.3) is 0 Å². The molecule has 3 unspecified atom stereocenters. The third-order valence-corrected chi connectivity index (χ3v) is 22.2. The molecule has 0 rings (SSSR count). The van der Waals surface area contributed by atoms with Crippen LogP contribution in [0.1, 0.15) is 452 Å².